The van der Waals surface area contributed by atoms with Crippen molar-refractivity contribution in [2.75, 3.05) is 0 Å². The van der Waals surface area contributed by atoms with Gasteiger partial charge in [0.1, 0.15) is 17.3 Å². The van der Waals surface area contributed by atoms with Gasteiger partial charge in [-0.05, 0) is 43.2 Å². The van der Waals surface area contributed by atoms with Gasteiger partial charge in [-0.3, -0.25) is 0 Å². The Balaban J connectivity index is 1.90. The lowest BCUT2D eigenvalue weighted by molar-refractivity contribution is 0.0473. The molecule has 0 saturated carbocycles. The first-order valence-corrected chi connectivity index (χ1v) is 8.13. The molecule has 0 bridgehead atoms. The van der Waals surface area contributed by atoms with Crippen molar-refractivity contribution in [3.05, 3.63) is 73.3 Å². The molecule has 0 aliphatic carbocycles. The quantitative estimate of drug-likeness (QED) is 0.382. The number of hydrogen-bond donors (Lipinski definition) is 0. The molecule has 0 atom stereocenters. The Labute approximate surface area is 153 Å². The molecular weight excluding hydrogens is 365 g/mol. The number of halogens is 2. The average molecular weight is 378 g/mol. The number of ether oxygens (including phenoxy) is 1. The van der Waals surface area contributed by atoms with Gasteiger partial charge in [0.2, 0.25) is 0 Å². The third-order valence-electron chi connectivity index (χ3n) is 3.84. The highest BCUT2D eigenvalue weighted by molar-refractivity contribution is 6.41. The van der Waals surface area contributed by atoms with Gasteiger partial charge in [-0.15, -0.1) is 0 Å². The Hall–Kier alpha value is -2.37. The van der Waals surface area contributed by atoms with Crippen LogP contribution in [-0.2, 0) is 11.3 Å². The number of pyridine rings is 1. The number of carbonyl (C=O) groups is 1. The first-order chi connectivity index (χ1) is 11.8. The van der Waals surface area contributed by atoms with Crippen molar-refractivity contribution in [2.45, 2.75) is 20.5 Å². The molecule has 0 aliphatic heterocycles. The van der Waals surface area contributed by atoms with E-state index in [1.165, 1.54) is 18.3 Å². The molecule has 0 amide bonds. The zero-order valence-electron chi connectivity index (χ0n) is 13.4. The molecule has 0 radical (unpaired) electrons. The highest BCUT2D eigenvalue weighted by atomic mass is 35.5. The van der Waals surface area contributed by atoms with Crippen LogP contribution in [0.2, 0.25) is 10.2 Å². The van der Waals surface area contributed by atoms with Crippen molar-refractivity contribution >= 4 is 40.1 Å². The summed E-state index contributed by atoms with van der Waals surface area (Å²) in [4.78, 5) is 27.7. The van der Waals surface area contributed by atoms with Gasteiger partial charge in [0.25, 0.3) is 0 Å². The monoisotopic (exact) mass is 377 g/mol. The van der Waals surface area contributed by atoms with Crippen LogP contribution in [0.15, 0.2) is 39.7 Å². The number of carbonyl (C=O) groups excluding carboxylic acids is 1. The van der Waals surface area contributed by atoms with Crippen molar-refractivity contribution in [3.8, 4) is 0 Å². The second-order valence-corrected chi connectivity index (χ2v) is 6.36. The zero-order chi connectivity index (χ0) is 18.1. The minimum absolute atomic E-state index is 0.0797. The molecule has 3 aromatic rings. The Bertz CT molecular complexity index is 1040. The maximum absolute atomic E-state index is 12.2. The highest BCUT2D eigenvalue weighted by Gasteiger charge is 2.13. The summed E-state index contributed by atoms with van der Waals surface area (Å²) in [7, 11) is 0. The van der Waals surface area contributed by atoms with Crippen molar-refractivity contribution < 1.29 is 13.9 Å². The van der Waals surface area contributed by atoms with Crippen LogP contribution in [0.3, 0.4) is 0 Å². The summed E-state index contributed by atoms with van der Waals surface area (Å²) in [6.45, 7) is 3.81. The summed E-state index contributed by atoms with van der Waals surface area (Å²) in [6.07, 6.45) is 1.28. The van der Waals surface area contributed by atoms with Gasteiger partial charge < -0.3 is 9.15 Å². The highest BCUT2D eigenvalue weighted by Crippen LogP contribution is 2.23. The SMILES string of the molecule is Cc1cc2oc(=O)cc(COC(=O)c3cnc(Cl)c(Cl)c3)c2cc1C. The predicted molar refractivity (Wildman–Crippen MR) is 95.3 cm³/mol. The van der Waals surface area contributed by atoms with Crippen LogP contribution in [-0.4, -0.2) is 11.0 Å². The summed E-state index contributed by atoms with van der Waals surface area (Å²) in [6, 6.07) is 6.39. The number of nitrogens with zero attached hydrogens (tertiary/aromatic N) is 1. The molecule has 0 fully saturated rings. The maximum atomic E-state index is 12.2. The number of fused-ring (bicyclic) bond motifs is 1. The number of benzene rings is 1. The lowest BCUT2D eigenvalue weighted by atomic mass is 10.0. The Morgan fingerprint density at radius 1 is 1.16 bits per heavy atom. The van der Waals surface area contributed by atoms with E-state index >= 15 is 0 Å². The van der Waals surface area contributed by atoms with Gasteiger partial charge in [0.15, 0.2) is 0 Å². The second-order valence-electron chi connectivity index (χ2n) is 5.60. The van der Waals surface area contributed by atoms with Crippen LogP contribution in [0.25, 0.3) is 11.0 Å². The lowest BCUT2D eigenvalue weighted by Gasteiger charge is -2.09. The number of hydrogen-bond acceptors (Lipinski definition) is 5. The molecule has 1 aromatic carbocycles. The fourth-order valence-corrected chi connectivity index (χ4v) is 2.63. The Kier molecular flexibility index (Phi) is 4.79. The number of esters is 1. The summed E-state index contributed by atoms with van der Waals surface area (Å²) < 4.78 is 10.5. The van der Waals surface area contributed by atoms with E-state index in [2.05, 4.69) is 4.98 Å². The number of rotatable bonds is 3. The fourth-order valence-electron chi connectivity index (χ4n) is 2.36. The maximum Gasteiger partial charge on any atom is 0.340 e. The molecule has 2 aromatic heterocycles. The molecule has 3 rings (SSSR count). The van der Waals surface area contributed by atoms with E-state index in [-0.39, 0.29) is 22.3 Å². The molecule has 25 heavy (non-hydrogen) atoms. The van der Waals surface area contributed by atoms with Crippen LogP contribution in [0.4, 0.5) is 0 Å². The van der Waals surface area contributed by atoms with Crippen LogP contribution in [0, 0.1) is 13.8 Å². The van der Waals surface area contributed by atoms with E-state index in [0.717, 1.165) is 16.5 Å². The minimum atomic E-state index is -0.615. The zero-order valence-corrected chi connectivity index (χ0v) is 14.9. The fraction of sp³-hybridized carbons (Fsp3) is 0.167. The van der Waals surface area contributed by atoms with Crippen LogP contribution < -0.4 is 5.63 Å². The van der Waals surface area contributed by atoms with Crippen LogP contribution >= 0.6 is 23.2 Å². The summed E-state index contributed by atoms with van der Waals surface area (Å²) >= 11 is 11.6. The molecule has 0 saturated heterocycles. The van der Waals surface area contributed by atoms with Crippen molar-refractivity contribution in [1.82, 2.24) is 4.98 Å². The van der Waals surface area contributed by atoms with E-state index in [0.29, 0.717) is 11.1 Å². The summed E-state index contributed by atoms with van der Waals surface area (Å²) in [5.41, 5.74) is 2.74. The lowest BCUT2D eigenvalue weighted by Crippen LogP contribution is -2.08. The van der Waals surface area contributed by atoms with Crippen molar-refractivity contribution in [1.29, 1.82) is 0 Å². The van der Waals surface area contributed by atoms with E-state index < -0.39 is 11.6 Å². The smallest absolute Gasteiger partial charge is 0.340 e. The molecule has 2 heterocycles. The average Bonchev–Trinajstić information content (AvgIpc) is 2.56. The van der Waals surface area contributed by atoms with Gasteiger partial charge in [-0.25, -0.2) is 14.6 Å². The molecule has 128 valence electrons. The largest absolute Gasteiger partial charge is 0.457 e. The van der Waals surface area contributed by atoms with Gasteiger partial charge in [-0.2, -0.15) is 0 Å². The Morgan fingerprint density at radius 3 is 2.60 bits per heavy atom. The van der Waals surface area contributed by atoms with Gasteiger partial charge in [-0.1, -0.05) is 23.2 Å². The molecule has 0 aliphatic rings. The van der Waals surface area contributed by atoms with E-state index in [4.69, 9.17) is 32.4 Å². The van der Waals surface area contributed by atoms with Gasteiger partial charge in [0, 0.05) is 23.2 Å². The number of aromatic nitrogens is 1. The summed E-state index contributed by atoms with van der Waals surface area (Å²) in [5.74, 6) is -0.615. The molecule has 5 nitrogen and oxygen atoms in total. The third kappa shape index (κ3) is 3.67. The third-order valence-corrected chi connectivity index (χ3v) is 4.52. The van der Waals surface area contributed by atoms with E-state index in [1.807, 2.05) is 19.9 Å². The number of aryl methyl sites for hydroxylation is 2. The molecule has 7 heteroatoms. The van der Waals surface area contributed by atoms with Crippen LogP contribution in [0.1, 0.15) is 27.0 Å². The topological polar surface area (TPSA) is 69.4 Å². The normalized spacial score (nSPS) is 10.9. The molecular formula is C18H13Cl2NO4. The van der Waals surface area contributed by atoms with Crippen LogP contribution in [0.5, 0.6) is 0 Å². The standard InChI is InChI=1S/C18H13Cl2NO4/c1-9-3-13-12(6-16(22)25-15(13)4-10(9)2)8-24-18(23)11-5-14(19)17(20)21-7-11/h3-7H,8H2,1-2H3. The van der Waals surface area contributed by atoms with Crippen molar-refractivity contribution in [3.63, 3.8) is 0 Å². The second kappa shape index (κ2) is 6.86. The first-order valence-electron chi connectivity index (χ1n) is 7.37. The molecule has 0 unspecified atom stereocenters. The predicted octanol–water partition coefficient (Wildman–Crippen LogP) is 4.47. The van der Waals surface area contributed by atoms with Crippen molar-refractivity contribution in [2.24, 2.45) is 0 Å². The molecule has 0 spiro atoms. The van der Waals surface area contributed by atoms with Gasteiger partial charge >= 0.3 is 11.6 Å². The van der Waals surface area contributed by atoms with E-state index in [1.54, 1.807) is 6.07 Å². The van der Waals surface area contributed by atoms with Gasteiger partial charge in [0.05, 0.1) is 10.6 Å². The van der Waals surface area contributed by atoms with E-state index in [9.17, 15) is 9.59 Å². The first kappa shape index (κ1) is 17.5. The minimum Gasteiger partial charge on any atom is -0.457 e. The molecule has 0 N–H and O–H groups in total. The Morgan fingerprint density at radius 2 is 1.88 bits per heavy atom. The summed E-state index contributed by atoms with van der Waals surface area (Å²) in [5, 5.41) is 0.992.